The van der Waals surface area contributed by atoms with Crippen molar-refractivity contribution < 1.29 is 4.79 Å². The highest BCUT2D eigenvalue weighted by Gasteiger charge is 2.13. The van der Waals surface area contributed by atoms with Gasteiger partial charge in [0.2, 0.25) is 5.91 Å². The summed E-state index contributed by atoms with van der Waals surface area (Å²) in [6.07, 6.45) is 4.22. The Kier molecular flexibility index (Phi) is 5.84. The molecule has 0 aliphatic carbocycles. The van der Waals surface area contributed by atoms with E-state index in [2.05, 4.69) is 70.7 Å². The molecule has 0 spiro atoms. The van der Waals surface area contributed by atoms with Gasteiger partial charge in [0.1, 0.15) is 0 Å². The van der Waals surface area contributed by atoms with Crippen LogP contribution in [0.25, 0.3) is 10.9 Å². The van der Waals surface area contributed by atoms with Gasteiger partial charge in [-0.2, -0.15) is 5.10 Å². The van der Waals surface area contributed by atoms with Crippen molar-refractivity contribution in [1.29, 1.82) is 0 Å². The number of amides is 1. The second kappa shape index (κ2) is 8.48. The molecule has 0 radical (unpaired) electrons. The first-order valence-electron chi connectivity index (χ1n) is 9.20. The molecule has 1 N–H and O–H groups in total. The van der Waals surface area contributed by atoms with E-state index in [4.69, 9.17) is 0 Å². The Labute approximate surface area is 154 Å². The van der Waals surface area contributed by atoms with Crippen LogP contribution in [0.5, 0.6) is 0 Å². The highest BCUT2D eigenvalue weighted by atomic mass is 16.2. The van der Waals surface area contributed by atoms with Gasteiger partial charge in [0, 0.05) is 35.6 Å². The van der Waals surface area contributed by atoms with Gasteiger partial charge in [0.05, 0.1) is 5.71 Å². The average Bonchev–Trinajstić information content (AvgIpc) is 3.02. The molecule has 1 heterocycles. The third kappa shape index (κ3) is 4.02. The zero-order valence-electron chi connectivity index (χ0n) is 15.4. The molecular formula is C22H25N3O. The van der Waals surface area contributed by atoms with E-state index in [1.54, 1.807) is 0 Å². The standard InChI is InChI=1S/C22H25N3O/c1-3-10-22(26)24-23-20(4-2)19-16-25(15-17-11-6-5-7-12-17)21-14-9-8-13-18(19)21/h5-9,11-14,16H,3-4,10,15H2,1-2H3,(H,24,26). The van der Waals surface area contributed by atoms with Gasteiger partial charge in [-0.05, 0) is 24.5 Å². The van der Waals surface area contributed by atoms with Crippen molar-refractivity contribution in [3.63, 3.8) is 0 Å². The van der Waals surface area contributed by atoms with E-state index < -0.39 is 0 Å². The quantitative estimate of drug-likeness (QED) is 0.488. The Morgan fingerprint density at radius 1 is 1.04 bits per heavy atom. The summed E-state index contributed by atoms with van der Waals surface area (Å²) in [5.41, 5.74) is 7.11. The van der Waals surface area contributed by atoms with Crippen LogP contribution in [0, 0.1) is 0 Å². The van der Waals surface area contributed by atoms with Crippen LogP contribution in [0.2, 0.25) is 0 Å². The van der Waals surface area contributed by atoms with Crippen molar-refractivity contribution in [1.82, 2.24) is 9.99 Å². The Hall–Kier alpha value is -2.88. The van der Waals surface area contributed by atoms with Crippen molar-refractivity contribution >= 4 is 22.5 Å². The van der Waals surface area contributed by atoms with Crippen LogP contribution in [0.15, 0.2) is 65.9 Å². The van der Waals surface area contributed by atoms with Crippen LogP contribution in [0.3, 0.4) is 0 Å². The number of aromatic nitrogens is 1. The smallest absolute Gasteiger partial charge is 0.240 e. The molecule has 0 atom stereocenters. The Balaban J connectivity index is 1.97. The summed E-state index contributed by atoms with van der Waals surface area (Å²) in [5.74, 6) is -0.0357. The lowest BCUT2D eigenvalue weighted by Crippen LogP contribution is -2.19. The Morgan fingerprint density at radius 3 is 2.50 bits per heavy atom. The fourth-order valence-corrected chi connectivity index (χ4v) is 3.13. The zero-order valence-corrected chi connectivity index (χ0v) is 15.4. The van der Waals surface area contributed by atoms with E-state index in [-0.39, 0.29) is 5.91 Å². The second-order valence-electron chi connectivity index (χ2n) is 6.37. The molecule has 0 aliphatic rings. The fraction of sp³-hybridized carbons (Fsp3) is 0.273. The van der Waals surface area contributed by atoms with E-state index >= 15 is 0 Å². The number of hydrazone groups is 1. The maximum Gasteiger partial charge on any atom is 0.240 e. The summed E-state index contributed by atoms with van der Waals surface area (Å²) in [5, 5.41) is 5.57. The van der Waals surface area contributed by atoms with E-state index in [1.807, 2.05) is 19.1 Å². The molecule has 4 heteroatoms. The number of nitrogens with one attached hydrogen (secondary N) is 1. The fourth-order valence-electron chi connectivity index (χ4n) is 3.13. The monoisotopic (exact) mass is 347 g/mol. The number of nitrogens with zero attached hydrogens (tertiary/aromatic N) is 2. The molecule has 26 heavy (non-hydrogen) atoms. The van der Waals surface area contributed by atoms with Crippen LogP contribution in [-0.4, -0.2) is 16.2 Å². The normalized spacial score (nSPS) is 11.7. The lowest BCUT2D eigenvalue weighted by atomic mass is 10.1. The molecule has 4 nitrogen and oxygen atoms in total. The first kappa shape index (κ1) is 17.9. The maximum atomic E-state index is 11.8. The van der Waals surface area contributed by atoms with Crippen molar-refractivity contribution in [2.45, 2.75) is 39.7 Å². The first-order chi connectivity index (χ1) is 12.7. The van der Waals surface area contributed by atoms with Gasteiger partial charge in [-0.25, -0.2) is 5.43 Å². The van der Waals surface area contributed by atoms with E-state index in [0.717, 1.165) is 36.0 Å². The van der Waals surface area contributed by atoms with Crippen LogP contribution >= 0.6 is 0 Å². The number of hydrogen-bond donors (Lipinski definition) is 1. The van der Waals surface area contributed by atoms with Crippen molar-refractivity contribution in [3.05, 3.63) is 71.9 Å². The number of benzene rings is 2. The molecule has 2 aromatic carbocycles. The minimum atomic E-state index is -0.0357. The average molecular weight is 347 g/mol. The third-order valence-corrected chi connectivity index (χ3v) is 4.42. The largest absolute Gasteiger partial charge is 0.342 e. The number of fused-ring (bicyclic) bond motifs is 1. The number of rotatable bonds is 7. The highest BCUT2D eigenvalue weighted by molar-refractivity contribution is 6.11. The SMILES string of the molecule is CCCC(=O)NN=C(CC)c1cn(Cc2ccccc2)c2ccccc12. The molecule has 0 saturated heterocycles. The summed E-state index contributed by atoms with van der Waals surface area (Å²) >= 11 is 0. The predicted molar refractivity (Wildman–Crippen MR) is 107 cm³/mol. The lowest BCUT2D eigenvalue weighted by molar-refractivity contribution is -0.121. The van der Waals surface area contributed by atoms with Gasteiger partial charge in [-0.3, -0.25) is 4.79 Å². The summed E-state index contributed by atoms with van der Waals surface area (Å²) in [6.45, 7) is 4.86. The molecule has 134 valence electrons. The van der Waals surface area contributed by atoms with Crippen molar-refractivity contribution in [2.75, 3.05) is 0 Å². The van der Waals surface area contributed by atoms with Crippen molar-refractivity contribution in [2.24, 2.45) is 5.10 Å². The molecule has 3 aromatic rings. The van der Waals surface area contributed by atoms with Crippen LogP contribution < -0.4 is 5.43 Å². The van der Waals surface area contributed by atoms with E-state index in [0.29, 0.717) is 6.42 Å². The molecule has 1 aromatic heterocycles. The molecule has 0 saturated carbocycles. The third-order valence-electron chi connectivity index (χ3n) is 4.42. The van der Waals surface area contributed by atoms with Gasteiger partial charge in [-0.1, -0.05) is 62.4 Å². The minimum absolute atomic E-state index is 0.0357. The number of hydrogen-bond acceptors (Lipinski definition) is 2. The van der Waals surface area contributed by atoms with Crippen LogP contribution in [-0.2, 0) is 11.3 Å². The number of para-hydroxylation sites is 1. The molecule has 0 fully saturated rings. The van der Waals surface area contributed by atoms with Gasteiger partial charge < -0.3 is 4.57 Å². The summed E-state index contributed by atoms with van der Waals surface area (Å²) in [7, 11) is 0. The molecule has 1 amide bonds. The zero-order chi connectivity index (χ0) is 18.4. The predicted octanol–water partition coefficient (Wildman–Crippen LogP) is 4.72. The second-order valence-corrected chi connectivity index (χ2v) is 6.37. The van der Waals surface area contributed by atoms with Gasteiger partial charge in [0.25, 0.3) is 0 Å². The summed E-state index contributed by atoms with van der Waals surface area (Å²) in [4.78, 5) is 11.8. The molecule has 0 aliphatic heterocycles. The van der Waals surface area contributed by atoms with Crippen LogP contribution in [0.1, 0.15) is 44.2 Å². The lowest BCUT2D eigenvalue weighted by Gasteiger charge is -2.05. The van der Waals surface area contributed by atoms with Crippen molar-refractivity contribution in [3.8, 4) is 0 Å². The minimum Gasteiger partial charge on any atom is -0.342 e. The molecule has 0 unspecified atom stereocenters. The maximum absolute atomic E-state index is 11.8. The van der Waals surface area contributed by atoms with Crippen LogP contribution in [0.4, 0.5) is 0 Å². The summed E-state index contributed by atoms with van der Waals surface area (Å²) < 4.78 is 2.25. The van der Waals surface area contributed by atoms with E-state index in [9.17, 15) is 4.79 Å². The van der Waals surface area contributed by atoms with Gasteiger partial charge in [0.15, 0.2) is 0 Å². The Morgan fingerprint density at radius 2 is 1.77 bits per heavy atom. The Bertz CT molecular complexity index is 910. The highest BCUT2D eigenvalue weighted by Crippen LogP contribution is 2.24. The van der Waals surface area contributed by atoms with Gasteiger partial charge in [-0.15, -0.1) is 0 Å². The van der Waals surface area contributed by atoms with Gasteiger partial charge >= 0.3 is 0 Å². The molecule has 0 bridgehead atoms. The first-order valence-corrected chi connectivity index (χ1v) is 9.20. The topological polar surface area (TPSA) is 46.4 Å². The molecular weight excluding hydrogens is 322 g/mol. The number of carbonyl (C=O) groups excluding carboxylic acids is 1. The molecule has 3 rings (SSSR count). The summed E-state index contributed by atoms with van der Waals surface area (Å²) in [6, 6.07) is 18.8. The number of carbonyl (C=O) groups is 1. The van der Waals surface area contributed by atoms with E-state index in [1.165, 1.54) is 11.1 Å².